The van der Waals surface area contributed by atoms with Crippen LogP contribution < -0.4 is 24.8 Å². The lowest BCUT2D eigenvalue weighted by atomic mass is 10.2. The Hall–Kier alpha value is -3.43. The Labute approximate surface area is 151 Å². The summed E-state index contributed by atoms with van der Waals surface area (Å²) in [7, 11) is 0. The number of carbonyl (C=O) groups excluding carboxylic acids is 2. The maximum absolute atomic E-state index is 12.1. The van der Waals surface area contributed by atoms with Crippen LogP contribution in [0, 0.1) is 0 Å². The lowest BCUT2D eigenvalue weighted by molar-refractivity contribution is -0.274. The van der Waals surface area contributed by atoms with Crippen molar-refractivity contribution in [3.05, 3.63) is 48.0 Å². The second-order valence-corrected chi connectivity index (χ2v) is 5.37. The molecule has 2 N–H and O–H groups in total. The number of hydrogen-bond acceptors (Lipinski definition) is 5. The lowest BCUT2D eigenvalue weighted by Gasteiger charge is -2.10. The fourth-order valence-electron chi connectivity index (χ4n) is 2.25. The summed E-state index contributed by atoms with van der Waals surface area (Å²) in [5.41, 5.74) is 0.549. The van der Waals surface area contributed by atoms with Crippen LogP contribution in [0.5, 0.6) is 17.2 Å². The Morgan fingerprint density at radius 2 is 1.74 bits per heavy atom. The van der Waals surface area contributed by atoms with E-state index < -0.39 is 23.9 Å². The molecule has 0 radical (unpaired) electrons. The largest absolute Gasteiger partial charge is 0.573 e. The Bertz CT molecular complexity index is 853. The first-order chi connectivity index (χ1) is 12.8. The van der Waals surface area contributed by atoms with Gasteiger partial charge in [-0.3, -0.25) is 9.59 Å². The second-order valence-electron chi connectivity index (χ2n) is 5.37. The number of ether oxygens (including phenoxy) is 3. The van der Waals surface area contributed by atoms with Crippen LogP contribution in [-0.4, -0.2) is 31.5 Å². The summed E-state index contributed by atoms with van der Waals surface area (Å²) in [4.78, 5) is 23.9. The van der Waals surface area contributed by atoms with Crippen LogP contribution in [0.1, 0.15) is 10.4 Å². The molecule has 1 aliphatic rings. The van der Waals surface area contributed by atoms with Crippen LogP contribution in [0.3, 0.4) is 0 Å². The zero-order valence-corrected chi connectivity index (χ0v) is 13.6. The number of benzene rings is 2. The Balaban J connectivity index is 1.50. The first-order valence-corrected chi connectivity index (χ1v) is 7.64. The zero-order chi connectivity index (χ0) is 19.4. The third kappa shape index (κ3) is 5.03. The molecule has 2 amide bonds. The van der Waals surface area contributed by atoms with Crippen LogP contribution in [0.15, 0.2) is 42.5 Å². The quantitative estimate of drug-likeness (QED) is 0.831. The van der Waals surface area contributed by atoms with Gasteiger partial charge in [0.2, 0.25) is 12.7 Å². The van der Waals surface area contributed by atoms with Gasteiger partial charge in [0.05, 0.1) is 6.54 Å². The van der Waals surface area contributed by atoms with Crippen molar-refractivity contribution in [1.82, 2.24) is 5.32 Å². The van der Waals surface area contributed by atoms with Crippen molar-refractivity contribution in [2.75, 3.05) is 18.7 Å². The summed E-state index contributed by atoms with van der Waals surface area (Å²) in [6.45, 7) is -0.246. The predicted molar refractivity (Wildman–Crippen MR) is 86.7 cm³/mol. The summed E-state index contributed by atoms with van der Waals surface area (Å²) in [5, 5.41) is 4.88. The first-order valence-electron chi connectivity index (χ1n) is 7.64. The minimum atomic E-state index is -4.79. The molecule has 0 saturated heterocycles. The van der Waals surface area contributed by atoms with Gasteiger partial charge in [-0.1, -0.05) is 0 Å². The highest BCUT2D eigenvalue weighted by Gasteiger charge is 2.31. The first kappa shape index (κ1) is 18.4. The van der Waals surface area contributed by atoms with Crippen LogP contribution in [0.2, 0.25) is 0 Å². The minimum Gasteiger partial charge on any atom is -0.454 e. The molecule has 0 atom stereocenters. The summed E-state index contributed by atoms with van der Waals surface area (Å²) in [5.74, 6) is -0.474. The molecule has 0 fully saturated rings. The summed E-state index contributed by atoms with van der Waals surface area (Å²) < 4.78 is 50.3. The van der Waals surface area contributed by atoms with E-state index in [0.29, 0.717) is 17.1 Å². The van der Waals surface area contributed by atoms with Gasteiger partial charge in [-0.2, -0.15) is 0 Å². The van der Waals surface area contributed by atoms with E-state index in [2.05, 4.69) is 15.4 Å². The van der Waals surface area contributed by atoms with Crippen LogP contribution in [0.25, 0.3) is 0 Å². The maximum Gasteiger partial charge on any atom is 0.573 e. The highest BCUT2D eigenvalue weighted by molar-refractivity contribution is 5.99. The normalized spacial score (nSPS) is 12.4. The standard InChI is InChI=1S/C17H13F3N2O5/c18-17(19,20)27-12-4-2-11(3-5-12)22-15(23)8-21-16(24)10-1-6-13-14(7-10)26-9-25-13/h1-7H,8-9H2,(H,21,24)(H,22,23). The smallest absolute Gasteiger partial charge is 0.454 e. The van der Waals surface area contributed by atoms with Crippen molar-refractivity contribution >= 4 is 17.5 Å². The molecule has 0 unspecified atom stereocenters. The molecule has 0 aliphatic carbocycles. The highest BCUT2D eigenvalue weighted by atomic mass is 19.4. The number of alkyl halides is 3. The highest BCUT2D eigenvalue weighted by Crippen LogP contribution is 2.32. The van der Waals surface area contributed by atoms with Crippen molar-refractivity contribution in [3.8, 4) is 17.2 Å². The van der Waals surface area contributed by atoms with Gasteiger partial charge >= 0.3 is 6.36 Å². The van der Waals surface area contributed by atoms with E-state index in [-0.39, 0.29) is 19.0 Å². The number of anilines is 1. The Morgan fingerprint density at radius 3 is 2.44 bits per heavy atom. The molecule has 1 heterocycles. The molecular weight excluding hydrogens is 369 g/mol. The molecule has 1 aliphatic heterocycles. The molecule has 10 heteroatoms. The topological polar surface area (TPSA) is 85.9 Å². The molecule has 0 saturated carbocycles. The number of carbonyl (C=O) groups is 2. The molecule has 0 bridgehead atoms. The number of fused-ring (bicyclic) bond motifs is 1. The number of hydrogen-bond donors (Lipinski definition) is 2. The number of amides is 2. The number of halogens is 3. The SMILES string of the molecule is O=C(CNC(=O)c1ccc2c(c1)OCO2)Nc1ccc(OC(F)(F)F)cc1. The Kier molecular flexibility index (Phi) is 5.06. The minimum absolute atomic E-state index is 0.0790. The van der Waals surface area contributed by atoms with Gasteiger partial charge < -0.3 is 24.8 Å². The summed E-state index contributed by atoms with van der Waals surface area (Å²) in [6.07, 6.45) is -4.79. The van der Waals surface area contributed by atoms with E-state index in [4.69, 9.17) is 9.47 Å². The molecule has 27 heavy (non-hydrogen) atoms. The third-order valence-electron chi connectivity index (χ3n) is 3.42. The van der Waals surface area contributed by atoms with E-state index in [1.54, 1.807) is 6.07 Å². The lowest BCUT2D eigenvalue weighted by Crippen LogP contribution is -2.32. The van der Waals surface area contributed by atoms with Crippen molar-refractivity contribution in [3.63, 3.8) is 0 Å². The van der Waals surface area contributed by atoms with E-state index >= 15 is 0 Å². The third-order valence-corrected chi connectivity index (χ3v) is 3.42. The molecule has 2 aromatic carbocycles. The second kappa shape index (κ2) is 7.44. The molecule has 7 nitrogen and oxygen atoms in total. The maximum atomic E-state index is 12.1. The van der Waals surface area contributed by atoms with Crippen molar-refractivity contribution in [1.29, 1.82) is 0 Å². The van der Waals surface area contributed by atoms with E-state index in [1.165, 1.54) is 24.3 Å². The molecular formula is C17H13F3N2O5. The molecule has 0 spiro atoms. The van der Waals surface area contributed by atoms with Crippen LogP contribution >= 0.6 is 0 Å². The monoisotopic (exact) mass is 382 g/mol. The van der Waals surface area contributed by atoms with Crippen molar-refractivity contribution in [2.45, 2.75) is 6.36 Å². The number of rotatable bonds is 5. The molecule has 3 rings (SSSR count). The van der Waals surface area contributed by atoms with E-state index in [9.17, 15) is 22.8 Å². The Morgan fingerprint density at radius 1 is 1.04 bits per heavy atom. The van der Waals surface area contributed by atoms with E-state index in [0.717, 1.165) is 12.1 Å². The molecule has 142 valence electrons. The van der Waals surface area contributed by atoms with Crippen molar-refractivity contribution in [2.24, 2.45) is 0 Å². The molecule has 2 aromatic rings. The van der Waals surface area contributed by atoms with Gasteiger partial charge in [0.15, 0.2) is 11.5 Å². The van der Waals surface area contributed by atoms with Gasteiger partial charge in [-0.05, 0) is 42.5 Å². The van der Waals surface area contributed by atoms with Gasteiger partial charge in [-0.25, -0.2) is 0 Å². The fourth-order valence-corrected chi connectivity index (χ4v) is 2.25. The van der Waals surface area contributed by atoms with Gasteiger partial charge in [-0.15, -0.1) is 13.2 Å². The predicted octanol–water partition coefficient (Wildman–Crippen LogP) is 2.68. The van der Waals surface area contributed by atoms with Crippen LogP contribution in [0.4, 0.5) is 18.9 Å². The average molecular weight is 382 g/mol. The van der Waals surface area contributed by atoms with Gasteiger partial charge in [0, 0.05) is 11.3 Å². The molecule has 0 aromatic heterocycles. The number of nitrogens with one attached hydrogen (secondary N) is 2. The van der Waals surface area contributed by atoms with Crippen LogP contribution in [-0.2, 0) is 4.79 Å². The van der Waals surface area contributed by atoms with Crippen molar-refractivity contribution < 1.29 is 37.0 Å². The summed E-state index contributed by atoms with van der Waals surface area (Å²) in [6, 6.07) is 9.23. The van der Waals surface area contributed by atoms with Gasteiger partial charge in [0.25, 0.3) is 5.91 Å². The zero-order valence-electron chi connectivity index (χ0n) is 13.6. The fraction of sp³-hybridized carbons (Fsp3) is 0.176. The average Bonchev–Trinajstić information content (AvgIpc) is 3.08. The van der Waals surface area contributed by atoms with Gasteiger partial charge in [0.1, 0.15) is 5.75 Å². The van der Waals surface area contributed by atoms with E-state index in [1.807, 2.05) is 0 Å². The summed E-state index contributed by atoms with van der Waals surface area (Å²) >= 11 is 0.